The summed E-state index contributed by atoms with van der Waals surface area (Å²) in [5, 5.41) is 6.28. The van der Waals surface area contributed by atoms with Gasteiger partial charge in [0.25, 0.3) is 0 Å². The second-order valence-electron chi connectivity index (χ2n) is 5.69. The second kappa shape index (κ2) is 11.2. The Labute approximate surface area is 176 Å². The zero-order valence-electron chi connectivity index (χ0n) is 15.2. The van der Waals surface area contributed by atoms with Crippen molar-refractivity contribution in [2.24, 2.45) is 4.99 Å². The molecule has 2 rings (SSSR count). The lowest BCUT2D eigenvalue weighted by molar-refractivity contribution is 0.587. The van der Waals surface area contributed by atoms with Crippen LogP contribution in [0.3, 0.4) is 0 Å². The molecule has 9 heteroatoms. The van der Waals surface area contributed by atoms with Crippen LogP contribution in [-0.4, -0.2) is 28.5 Å². The molecule has 2 aromatic rings. The Morgan fingerprint density at radius 2 is 1.59 bits per heavy atom. The van der Waals surface area contributed by atoms with E-state index < -0.39 is 10.0 Å². The molecule has 0 spiro atoms. The van der Waals surface area contributed by atoms with Gasteiger partial charge in [0.1, 0.15) is 5.82 Å². The number of hydrogen-bond donors (Lipinski definition) is 3. The summed E-state index contributed by atoms with van der Waals surface area (Å²) in [5.74, 6) is 0.275. The third kappa shape index (κ3) is 8.22. The van der Waals surface area contributed by atoms with E-state index in [1.165, 1.54) is 19.2 Å². The molecule has 0 heterocycles. The van der Waals surface area contributed by atoms with Gasteiger partial charge in [-0.1, -0.05) is 36.4 Å². The van der Waals surface area contributed by atoms with Crippen molar-refractivity contribution in [3.63, 3.8) is 0 Å². The Bertz CT molecular complexity index is 858. The number of nitrogens with one attached hydrogen (secondary N) is 3. The smallest absolute Gasteiger partial charge is 0.215 e. The van der Waals surface area contributed by atoms with Crippen LogP contribution in [0.4, 0.5) is 4.39 Å². The quantitative estimate of drug-likeness (QED) is 0.306. The van der Waals surface area contributed by atoms with Crippen molar-refractivity contribution >= 4 is 40.0 Å². The molecular formula is C18H24FIN4O2S. The first-order valence-electron chi connectivity index (χ1n) is 8.10. The minimum absolute atomic E-state index is 0. The van der Waals surface area contributed by atoms with Crippen LogP contribution in [-0.2, 0) is 28.9 Å². The second-order valence-corrected chi connectivity index (χ2v) is 7.62. The van der Waals surface area contributed by atoms with Gasteiger partial charge in [-0.2, -0.15) is 0 Å². The van der Waals surface area contributed by atoms with Crippen LogP contribution in [0.5, 0.6) is 0 Å². The molecule has 0 aliphatic carbocycles. The van der Waals surface area contributed by atoms with Crippen molar-refractivity contribution in [1.82, 2.24) is 15.4 Å². The Balaban J connectivity index is 0.00000364. The standard InChI is InChI=1S/C18H23FN4O2S.HI/c1-20-18(23-12-16-4-3-5-17(19)10-16)22-11-14-6-8-15(9-7-14)13-26(24,25)21-2;/h3-10,21H,11-13H2,1-2H3,(H2,20,22,23);1H. The summed E-state index contributed by atoms with van der Waals surface area (Å²) in [6.07, 6.45) is 0. The van der Waals surface area contributed by atoms with Crippen LogP contribution in [0.15, 0.2) is 53.5 Å². The summed E-state index contributed by atoms with van der Waals surface area (Å²) in [6, 6.07) is 13.7. The van der Waals surface area contributed by atoms with E-state index in [4.69, 9.17) is 0 Å². The molecule has 2 aromatic carbocycles. The maximum absolute atomic E-state index is 13.2. The highest BCUT2D eigenvalue weighted by Crippen LogP contribution is 2.08. The first-order valence-corrected chi connectivity index (χ1v) is 9.75. The number of guanidine groups is 1. The molecule has 0 radical (unpaired) electrons. The Hall–Kier alpha value is -1.72. The normalized spacial score (nSPS) is 11.6. The minimum atomic E-state index is -3.27. The number of benzene rings is 2. The van der Waals surface area contributed by atoms with Gasteiger partial charge in [0, 0.05) is 20.1 Å². The number of nitrogens with zero attached hydrogens (tertiary/aromatic N) is 1. The zero-order valence-corrected chi connectivity index (χ0v) is 18.3. The SMILES string of the molecule is CN=C(NCc1ccc(CS(=O)(=O)NC)cc1)NCc1cccc(F)c1.I. The van der Waals surface area contributed by atoms with Crippen LogP contribution in [0.25, 0.3) is 0 Å². The Morgan fingerprint density at radius 3 is 2.15 bits per heavy atom. The van der Waals surface area contributed by atoms with Gasteiger partial charge in [-0.3, -0.25) is 4.99 Å². The molecule has 0 fully saturated rings. The average Bonchev–Trinajstić information content (AvgIpc) is 2.63. The van der Waals surface area contributed by atoms with Crippen molar-refractivity contribution in [2.45, 2.75) is 18.8 Å². The molecule has 0 amide bonds. The van der Waals surface area contributed by atoms with E-state index >= 15 is 0 Å². The van der Waals surface area contributed by atoms with Gasteiger partial charge in [0.2, 0.25) is 10.0 Å². The molecule has 6 nitrogen and oxygen atoms in total. The zero-order chi connectivity index (χ0) is 19.0. The van der Waals surface area contributed by atoms with Gasteiger partial charge in [0.15, 0.2) is 5.96 Å². The lowest BCUT2D eigenvalue weighted by Gasteiger charge is -2.12. The third-order valence-electron chi connectivity index (χ3n) is 3.72. The molecule has 0 bridgehead atoms. The first kappa shape index (κ1) is 23.3. The highest BCUT2D eigenvalue weighted by atomic mass is 127. The maximum atomic E-state index is 13.2. The van der Waals surface area contributed by atoms with Crippen LogP contribution in [0.2, 0.25) is 0 Å². The van der Waals surface area contributed by atoms with Crippen molar-refractivity contribution in [1.29, 1.82) is 0 Å². The summed E-state index contributed by atoms with van der Waals surface area (Å²) in [7, 11) is -0.215. The number of halogens is 2. The van der Waals surface area contributed by atoms with E-state index in [1.807, 2.05) is 18.2 Å². The molecule has 0 saturated carbocycles. The summed E-state index contributed by atoms with van der Waals surface area (Å²) in [5.41, 5.74) is 2.53. The average molecular weight is 506 g/mol. The molecule has 3 N–H and O–H groups in total. The van der Waals surface area contributed by atoms with E-state index in [-0.39, 0.29) is 35.5 Å². The molecule has 0 aliphatic heterocycles. The maximum Gasteiger partial charge on any atom is 0.215 e. The minimum Gasteiger partial charge on any atom is -0.352 e. The molecule has 148 valence electrons. The van der Waals surface area contributed by atoms with E-state index in [9.17, 15) is 12.8 Å². The van der Waals surface area contributed by atoms with Crippen molar-refractivity contribution in [3.05, 3.63) is 71.0 Å². The molecule has 0 atom stereocenters. The number of hydrogen-bond acceptors (Lipinski definition) is 3. The van der Waals surface area contributed by atoms with Gasteiger partial charge < -0.3 is 10.6 Å². The van der Waals surface area contributed by atoms with Crippen molar-refractivity contribution in [2.75, 3.05) is 14.1 Å². The van der Waals surface area contributed by atoms with E-state index in [0.29, 0.717) is 19.0 Å². The van der Waals surface area contributed by atoms with Crippen molar-refractivity contribution < 1.29 is 12.8 Å². The van der Waals surface area contributed by atoms with Gasteiger partial charge in [0.05, 0.1) is 5.75 Å². The highest BCUT2D eigenvalue weighted by Gasteiger charge is 2.08. The highest BCUT2D eigenvalue weighted by molar-refractivity contribution is 14.0. The fourth-order valence-corrected chi connectivity index (χ4v) is 3.06. The van der Waals surface area contributed by atoms with E-state index in [2.05, 4.69) is 20.3 Å². The number of sulfonamides is 1. The van der Waals surface area contributed by atoms with Gasteiger partial charge in [-0.05, 0) is 35.9 Å². The fraction of sp³-hybridized carbons (Fsp3) is 0.278. The first-order chi connectivity index (χ1) is 12.4. The van der Waals surface area contributed by atoms with Crippen LogP contribution < -0.4 is 15.4 Å². The van der Waals surface area contributed by atoms with Crippen LogP contribution in [0.1, 0.15) is 16.7 Å². The number of aliphatic imine (C=N–C) groups is 1. The molecule has 0 aliphatic rings. The molecule has 27 heavy (non-hydrogen) atoms. The largest absolute Gasteiger partial charge is 0.352 e. The molecule has 0 unspecified atom stereocenters. The van der Waals surface area contributed by atoms with Crippen molar-refractivity contribution in [3.8, 4) is 0 Å². The molecule has 0 saturated heterocycles. The summed E-state index contributed by atoms with van der Waals surface area (Å²) in [4.78, 5) is 4.13. The van der Waals surface area contributed by atoms with E-state index in [1.54, 1.807) is 25.2 Å². The van der Waals surface area contributed by atoms with Crippen LogP contribution >= 0.6 is 24.0 Å². The van der Waals surface area contributed by atoms with Gasteiger partial charge in [-0.25, -0.2) is 17.5 Å². The predicted molar refractivity (Wildman–Crippen MR) is 117 cm³/mol. The predicted octanol–water partition coefficient (Wildman–Crippen LogP) is 2.36. The molecular weight excluding hydrogens is 482 g/mol. The van der Waals surface area contributed by atoms with Gasteiger partial charge >= 0.3 is 0 Å². The summed E-state index contributed by atoms with van der Waals surface area (Å²) < 4.78 is 38.6. The lowest BCUT2D eigenvalue weighted by atomic mass is 10.1. The summed E-state index contributed by atoms with van der Waals surface area (Å²) in [6.45, 7) is 0.986. The monoisotopic (exact) mass is 506 g/mol. The lowest BCUT2D eigenvalue weighted by Crippen LogP contribution is -2.36. The Kier molecular flexibility index (Phi) is 9.67. The molecule has 0 aromatic heterocycles. The number of rotatable bonds is 7. The third-order valence-corrected chi connectivity index (χ3v) is 5.06. The summed E-state index contributed by atoms with van der Waals surface area (Å²) >= 11 is 0. The van der Waals surface area contributed by atoms with Crippen LogP contribution in [0, 0.1) is 5.82 Å². The topological polar surface area (TPSA) is 82.6 Å². The van der Waals surface area contributed by atoms with E-state index in [0.717, 1.165) is 16.7 Å². The van der Waals surface area contributed by atoms with Gasteiger partial charge in [-0.15, -0.1) is 24.0 Å². The fourth-order valence-electron chi connectivity index (χ4n) is 2.28. The Morgan fingerprint density at radius 1 is 1.00 bits per heavy atom.